The van der Waals surface area contributed by atoms with Crippen LogP contribution in [-0.2, 0) is 4.79 Å². The first-order valence-corrected chi connectivity index (χ1v) is 7.13. The molecule has 2 rings (SSSR count). The van der Waals surface area contributed by atoms with Gasteiger partial charge in [0, 0.05) is 20.1 Å². The number of urea groups is 1. The maximum atomic E-state index is 11.9. The molecule has 1 unspecified atom stereocenters. The second-order valence-corrected chi connectivity index (χ2v) is 5.08. The van der Waals surface area contributed by atoms with E-state index in [-0.39, 0.29) is 11.9 Å². The SMILES string of the molecule is CNC(=O)NC(=O)C(C)N1CC=C(c2ccccc2)CC1. The predicted octanol–water partition coefficient (Wildman–Crippen LogP) is 1.62. The highest BCUT2D eigenvalue weighted by Crippen LogP contribution is 2.22. The minimum Gasteiger partial charge on any atom is -0.341 e. The van der Waals surface area contributed by atoms with Crippen LogP contribution in [-0.4, -0.2) is 43.0 Å². The van der Waals surface area contributed by atoms with E-state index in [4.69, 9.17) is 0 Å². The Morgan fingerprint density at radius 1 is 1.24 bits per heavy atom. The first-order valence-electron chi connectivity index (χ1n) is 7.13. The molecule has 0 aliphatic carbocycles. The lowest BCUT2D eigenvalue weighted by molar-refractivity contribution is -0.124. The quantitative estimate of drug-likeness (QED) is 0.888. The van der Waals surface area contributed by atoms with Crippen LogP contribution >= 0.6 is 0 Å². The zero-order valence-electron chi connectivity index (χ0n) is 12.4. The van der Waals surface area contributed by atoms with Crippen molar-refractivity contribution in [3.05, 3.63) is 42.0 Å². The molecule has 5 heteroatoms. The Hall–Kier alpha value is -2.14. The van der Waals surface area contributed by atoms with Gasteiger partial charge in [0.25, 0.3) is 0 Å². The van der Waals surface area contributed by atoms with Crippen LogP contribution in [0.15, 0.2) is 36.4 Å². The number of carbonyl (C=O) groups is 2. The zero-order valence-corrected chi connectivity index (χ0v) is 12.4. The lowest BCUT2D eigenvalue weighted by Gasteiger charge is -2.30. The van der Waals surface area contributed by atoms with Gasteiger partial charge in [-0.25, -0.2) is 4.79 Å². The number of rotatable bonds is 3. The highest BCUT2D eigenvalue weighted by atomic mass is 16.2. The van der Waals surface area contributed by atoms with E-state index >= 15 is 0 Å². The van der Waals surface area contributed by atoms with Crippen LogP contribution in [0.1, 0.15) is 18.9 Å². The molecule has 0 bridgehead atoms. The topological polar surface area (TPSA) is 61.4 Å². The minimum absolute atomic E-state index is 0.272. The molecular formula is C16H21N3O2. The van der Waals surface area contributed by atoms with E-state index in [1.54, 1.807) is 0 Å². The molecule has 1 aliphatic rings. The van der Waals surface area contributed by atoms with Crippen molar-refractivity contribution in [2.45, 2.75) is 19.4 Å². The zero-order chi connectivity index (χ0) is 15.2. The largest absolute Gasteiger partial charge is 0.341 e. The van der Waals surface area contributed by atoms with Gasteiger partial charge in [0.05, 0.1) is 6.04 Å². The minimum atomic E-state index is -0.468. The second kappa shape index (κ2) is 7.04. The summed E-state index contributed by atoms with van der Waals surface area (Å²) in [5, 5.41) is 4.70. The molecule has 0 fully saturated rings. The van der Waals surface area contributed by atoms with Crippen molar-refractivity contribution < 1.29 is 9.59 Å². The van der Waals surface area contributed by atoms with Gasteiger partial charge in [-0.3, -0.25) is 15.0 Å². The molecule has 112 valence electrons. The maximum absolute atomic E-state index is 11.9. The summed E-state index contributed by atoms with van der Waals surface area (Å²) < 4.78 is 0. The summed E-state index contributed by atoms with van der Waals surface area (Å²) >= 11 is 0. The summed E-state index contributed by atoms with van der Waals surface area (Å²) in [5.74, 6) is -0.272. The Kier molecular flexibility index (Phi) is 5.11. The third-order valence-electron chi connectivity index (χ3n) is 3.78. The number of hydrogen-bond donors (Lipinski definition) is 2. The molecule has 0 aromatic heterocycles. The average Bonchev–Trinajstić information content (AvgIpc) is 2.55. The molecule has 5 nitrogen and oxygen atoms in total. The second-order valence-electron chi connectivity index (χ2n) is 5.08. The monoisotopic (exact) mass is 287 g/mol. The molecule has 1 atom stereocenters. The first kappa shape index (κ1) is 15.3. The smallest absolute Gasteiger partial charge is 0.321 e. The van der Waals surface area contributed by atoms with Crippen LogP contribution < -0.4 is 10.6 Å². The molecule has 3 amide bonds. The standard InChI is InChI=1S/C16H21N3O2/c1-12(15(20)18-16(21)17-2)19-10-8-14(9-11-19)13-6-4-3-5-7-13/h3-8,12H,9-11H2,1-2H3,(H2,17,18,20,21). The molecule has 1 aromatic rings. The van der Waals surface area contributed by atoms with Gasteiger partial charge in [0.1, 0.15) is 0 Å². The lowest BCUT2D eigenvalue weighted by atomic mass is 9.99. The van der Waals surface area contributed by atoms with E-state index in [1.165, 1.54) is 18.2 Å². The number of imide groups is 1. The van der Waals surface area contributed by atoms with Crippen molar-refractivity contribution in [1.29, 1.82) is 0 Å². The summed E-state index contributed by atoms with van der Waals surface area (Å²) in [4.78, 5) is 25.2. The van der Waals surface area contributed by atoms with E-state index in [2.05, 4.69) is 33.7 Å². The van der Waals surface area contributed by atoms with Gasteiger partial charge in [0.2, 0.25) is 5.91 Å². The molecule has 1 aliphatic heterocycles. The molecule has 0 radical (unpaired) electrons. The summed E-state index contributed by atoms with van der Waals surface area (Å²) in [7, 11) is 1.49. The van der Waals surface area contributed by atoms with Crippen molar-refractivity contribution in [3.8, 4) is 0 Å². The third kappa shape index (κ3) is 3.92. The molecule has 21 heavy (non-hydrogen) atoms. The average molecular weight is 287 g/mol. The van der Waals surface area contributed by atoms with E-state index in [0.29, 0.717) is 6.54 Å². The Morgan fingerprint density at radius 3 is 2.52 bits per heavy atom. The molecule has 0 spiro atoms. The Balaban J connectivity index is 1.95. The summed E-state index contributed by atoms with van der Waals surface area (Å²) in [5.41, 5.74) is 2.55. The molecule has 1 aromatic carbocycles. The Bertz CT molecular complexity index is 540. The highest BCUT2D eigenvalue weighted by Gasteiger charge is 2.24. The molecule has 0 saturated carbocycles. The van der Waals surface area contributed by atoms with Gasteiger partial charge >= 0.3 is 6.03 Å². The number of nitrogens with zero attached hydrogens (tertiary/aromatic N) is 1. The van der Waals surface area contributed by atoms with E-state index in [0.717, 1.165) is 13.0 Å². The first-order chi connectivity index (χ1) is 10.1. The fourth-order valence-corrected chi connectivity index (χ4v) is 2.40. The van der Waals surface area contributed by atoms with Crippen molar-refractivity contribution in [1.82, 2.24) is 15.5 Å². The normalized spacial score (nSPS) is 16.8. The van der Waals surface area contributed by atoms with Crippen molar-refractivity contribution in [2.24, 2.45) is 0 Å². The maximum Gasteiger partial charge on any atom is 0.321 e. The fraction of sp³-hybridized carbons (Fsp3) is 0.375. The van der Waals surface area contributed by atoms with Gasteiger partial charge in [-0.1, -0.05) is 36.4 Å². The van der Waals surface area contributed by atoms with Crippen LogP contribution in [0.4, 0.5) is 4.79 Å². The highest BCUT2D eigenvalue weighted by molar-refractivity contribution is 5.96. The number of benzene rings is 1. The van der Waals surface area contributed by atoms with Gasteiger partial charge in [-0.15, -0.1) is 0 Å². The summed E-state index contributed by atoms with van der Waals surface area (Å²) in [6.07, 6.45) is 3.06. The predicted molar refractivity (Wildman–Crippen MR) is 82.7 cm³/mol. The molecule has 0 saturated heterocycles. The van der Waals surface area contributed by atoms with Crippen molar-refractivity contribution in [2.75, 3.05) is 20.1 Å². The summed E-state index contributed by atoms with van der Waals surface area (Å²) in [6.45, 7) is 3.34. The van der Waals surface area contributed by atoms with Crippen LogP contribution in [0, 0.1) is 0 Å². The molecular weight excluding hydrogens is 266 g/mol. The van der Waals surface area contributed by atoms with Crippen LogP contribution in [0.25, 0.3) is 5.57 Å². The Morgan fingerprint density at radius 2 is 1.95 bits per heavy atom. The van der Waals surface area contributed by atoms with Crippen molar-refractivity contribution in [3.63, 3.8) is 0 Å². The lowest BCUT2D eigenvalue weighted by Crippen LogP contribution is -2.50. The number of nitrogens with one attached hydrogen (secondary N) is 2. The number of amides is 3. The van der Waals surface area contributed by atoms with Gasteiger partial charge < -0.3 is 5.32 Å². The molecule has 2 N–H and O–H groups in total. The molecule has 1 heterocycles. The van der Waals surface area contributed by atoms with Gasteiger partial charge in [-0.05, 0) is 24.5 Å². The van der Waals surface area contributed by atoms with Crippen molar-refractivity contribution >= 4 is 17.5 Å². The Labute approximate surface area is 125 Å². The van der Waals surface area contributed by atoms with Gasteiger partial charge in [-0.2, -0.15) is 0 Å². The number of hydrogen-bond acceptors (Lipinski definition) is 3. The van der Waals surface area contributed by atoms with Gasteiger partial charge in [0.15, 0.2) is 0 Å². The van der Waals surface area contributed by atoms with Crippen LogP contribution in [0.2, 0.25) is 0 Å². The number of carbonyl (C=O) groups excluding carboxylic acids is 2. The fourth-order valence-electron chi connectivity index (χ4n) is 2.40. The van der Waals surface area contributed by atoms with Crippen LogP contribution in [0.3, 0.4) is 0 Å². The third-order valence-corrected chi connectivity index (χ3v) is 3.78. The van der Waals surface area contributed by atoms with E-state index in [9.17, 15) is 9.59 Å². The summed E-state index contributed by atoms with van der Waals surface area (Å²) in [6, 6.07) is 9.47. The van der Waals surface area contributed by atoms with E-state index < -0.39 is 6.03 Å². The van der Waals surface area contributed by atoms with E-state index in [1.807, 2.05) is 25.1 Å². The van der Waals surface area contributed by atoms with Crippen LogP contribution in [0.5, 0.6) is 0 Å².